The highest BCUT2D eigenvalue weighted by Crippen LogP contribution is 2.15. The first-order chi connectivity index (χ1) is 10.1. The molecule has 0 unspecified atom stereocenters. The van der Waals surface area contributed by atoms with Gasteiger partial charge in [-0.2, -0.15) is 5.10 Å². The van der Waals surface area contributed by atoms with Gasteiger partial charge in [0.15, 0.2) is 5.11 Å². The number of nitrogens with one attached hydrogen (secondary N) is 2. The zero-order valence-corrected chi connectivity index (χ0v) is 13.3. The van der Waals surface area contributed by atoms with Gasteiger partial charge in [-0.05, 0) is 43.8 Å². The summed E-state index contributed by atoms with van der Waals surface area (Å²) in [6.07, 6.45) is 1.76. The van der Waals surface area contributed by atoms with Crippen molar-refractivity contribution in [3.8, 4) is 0 Å². The number of rotatable bonds is 4. The third-order valence-electron chi connectivity index (χ3n) is 3.07. The second-order valence-electron chi connectivity index (χ2n) is 5.19. The molecule has 2 rings (SSSR count). The van der Waals surface area contributed by atoms with Crippen LogP contribution in [0.2, 0.25) is 0 Å². The Balaban J connectivity index is 1.85. The number of hydrogen-bond acceptors (Lipinski definition) is 4. The minimum atomic E-state index is 0.299. The summed E-state index contributed by atoms with van der Waals surface area (Å²) < 4.78 is 5.36. The fourth-order valence-corrected chi connectivity index (χ4v) is 2.34. The van der Waals surface area contributed by atoms with E-state index in [1.165, 1.54) is 5.69 Å². The molecule has 1 heterocycles. The number of nitrogens with zero attached hydrogens (tertiary/aromatic N) is 2. The van der Waals surface area contributed by atoms with E-state index in [-0.39, 0.29) is 0 Å². The fraction of sp³-hybridized carbons (Fsp3) is 0.467. The Hall–Kier alpha value is -1.66. The van der Waals surface area contributed by atoms with E-state index in [4.69, 9.17) is 17.0 Å². The molecule has 0 amide bonds. The lowest BCUT2D eigenvalue weighted by Gasteiger charge is -2.28. The first-order valence-electron chi connectivity index (χ1n) is 7.17. The van der Waals surface area contributed by atoms with Crippen LogP contribution in [-0.4, -0.2) is 43.7 Å². The summed E-state index contributed by atoms with van der Waals surface area (Å²) in [5.41, 5.74) is 5.06. The zero-order chi connectivity index (χ0) is 15.1. The predicted octanol–water partition coefficient (Wildman–Crippen LogP) is 1.73. The van der Waals surface area contributed by atoms with Crippen LogP contribution in [0.15, 0.2) is 29.4 Å². The lowest BCUT2D eigenvalue weighted by Crippen LogP contribution is -2.36. The second-order valence-corrected chi connectivity index (χ2v) is 5.60. The van der Waals surface area contributed by atoms with Crippen molar-refractivity contribution in [1.82, 2.24) is 10.7 Å². The van der Waals surface area contributed by atoms with Crippen molar-refractivity contribution in [1.29, 1.82) is 0 Å². The molecular weight excluding hydrogens is 284 g/mol. The quantitative estimate of drug-likeness (QED) is 0.504. The number of ether oxygens (including phenoxy) is 1. The summed E-state index contributed by atoms with van der Waals surface area (Å²) in [6, 6.07) is 8.62. The highest BCUT2D eigenvalue weighted by Gasteiger charge is 2.10. The molecule has 0 aromatic heterocycles. The van der Waals surface area contributed by atoms with E-state index in [0.29, 0.717) is 11.2 Å². The Labute approximate surface area is 131 Å². The average molecular weight is 306 g/mol. The van der Waals surface area contributed by atoms with Crippen molar-refractivity contribution in [3.63, 3.8) is 0 Å². The van der Waals surface area contributed by atoms with Crippen LogP contribution in [-0.2, 0) is 4.74 Å². The van der Waals surface area contributed by atoms with E-state index < -0.39 is 0 Å². The Morgan fingerprint density at radius 2 is 1.95 bits per heavy atom. The minimum absolute atomic E-state index is 0.299. The summed E-state index contributed by atoms with van der Waals surface area (Å²) in [5, 5.41) is 7.73. The molecule has 0 aliphatic carbocycles. The summed E-state index contributed by atoms with van der Waals surface area (Å²) in [5.74, 6) is 0. The molecule has 1 saturated heterocycles. The maximum Gasteiger partial charge on any atom is 0.187 e. The highest BCUT2D eigenvalue weighted by molar-refractivity contribution is 7.80. The third kappa shape index (κ3) is 5.32. The molecule has 0 bridgehead atoms. The molecule has 1 aromatic carbocycles. The number of anilines is 1. The Morgan fingerprint density at radius 3 is 2.57 bits per heavy atom. The van der Waals surface area contributed by atoms with Crippen LogP contribution in [0.1, 0.15) is 19.4 Å². The van der Waals surface area contributed by atoms with Crippen LogP contribution in [0.25, 0.3) is 0 Å². The van der Waals surface area contributed by atoms with Crippen molar-refractivity contribution in [3.05, 3.63) is 29.8 Å². The maximum atomic E-state index is 5.36. The Morgan fingerprint density at radius 1 is 1.29 bits per heavy atom. The van der Waals surface area contributed by atoms with Crippen LogP contribution >= 0.6 is 12.2 Å². The average Bonchev–Trinajstić information content (AvgIpc) is 2.48. The van der Waals surface area contributed by atoms with Gasteiger partial charge in [-0.15, -0.1) is 0 Å². The van der Waals surface area contributed by atoms with Crippen LogP contribution < -0.4 is 15.6 Å². The molecule has 1 aromatic rings. The molecule has 5 nitrogen and oxygen atoms in total. The number of morpholine rings is 1. The van der Waals surface area contributed by atoms with Crippen LogP contribution in [0.5, 0.6) is 0 Å². The first kappa shape index (κ1) is 15.7. The van der Waals surface area contributed by atoms with Gasteiger partial charge in [-0.25, -0.2) is 0 Å². The summed E-state index contributed by atoms with van der Waals surface area (Å²) in [7, 11) is 0. The molecule has 1 fully saturated rings. The normalized spacial score (nSPS) is 15.5. The molecule has 2 N–H and O–H groups in total. The SMILES string of the molecule is CC(C)NC(=S)NN=Cc1ccc(N2CCOCC2)cc1. The number of benzene rings is 1. The number of hydrogen-bond donors (Lipinski definition) is 2. The van der Waals surface area contributed by atoms with E-state index in [0.717, 1.165) is 31.9 Å². The predicted molar refractivity (Wildman–Crippen MR) is 91.1 cm³/mol. The Bertz CT molecular complexity index is 481. The van der Waals surface area contributed by atoms with Gasteiger partial charge in [0, 0.05) is 24.8 Å². The van der Waals surface area contributed by atoms with E-state index in [9.17, 15) is 0 Å². The summed E-state index contributed by atoms with van der Waals surface area (Å²) >= 11 is 5.10. The lowest BCUT2D eigenvalue weighted by molar-refractivity contribution is 0.122. The molecular formula is C15H22N4OS. The monoisotopic (exact) mass is 306 g/mol. The maximum absolute atomic E-state index is 5.36. The third-order valence-corrected chi connectivity index (χ3v) is 3.28. The largest absolute Gasteiger partial charge is 0.378 e. The van der Waals surface area contributed by atoms with Crippen molar-refractivity contribution >= 4 is 29.2 Å². The van der Waals surface area contributed by atoms with E-state index in [2.05, 4.69) is 45.0 Å². The molecule has 1 aliphatic rings. The summed E-state index contributed by atoms with van der Waals surface area (Å²) in [6.45, 7) is 7.55. The van der Waals surface area contributed by atoms with Gasteiger partial charge in [-0.1, -0.05) is 12.1 Å². The van der Waals surface area contributed by atoms with Gasteiger partial charge in [-0.3, -0.25) is 5.43 Å². The second kappa shape index (κ2) is 7.95. The fourth-order valence-electron chi connectivity index (χ4n) is 2.05. The lowest BCUT2D eigenvalue weighted by atomic mass is 10.2. The molecule has 0 saturated carbocycles. The van der Waals surface area contributed by atoms with Crippen LogP contribution in [0.3, 0.4) is 0 Å². The number of thiocarbonyl (C=S) groups is 1. The topological polar surface area (TPSA) is 48.9 Å². The van der Waals surface area contributed by atoms with E-state index in [1.54, 1.807) is 6.21 Å². The highest BCUT2D eigenvalue weighted by atomic mass is 32.1. The van der Waals surface area contributed by atoms with Gasteiger partial charge >= 0.3 is 0 Å². The van der Waals surface area contributed by atoms with E-state index >= 15 is 0 Å². The van der Waals surface area contributed by atoms with Gasteiger partial charge in [0.1, 0.15) is 0 Å². The minimum Gasteiger partial charge on any atom is -0.378 e. The van der Waals surface area contributed by atoms with Crippen LogP contribution in [0, 0.1) is 0 Å². The molecule has 6 heteroatoms. The molecule has 0 radical (unpaired) electrons. The van der Waals surface area contributed by atoms with Crippen molar-refractivity contribution in [2.24, 2.45) is 5.10 Å². The van der Waals surface area contributed by atoms with Crippen molar-refractivity contribution in [2.45, 2.75) is 19.9 Å². The smallest absolute Gasteiger partial charge is 0.187 e. The first-order valence-corrected chi connectivity index (χ1v) is 7.58. The van der Waals surface area contributed by atoms with Gasteiger partial charge in [0.25, 0.3) is 0 Å². The molecule has 21 heavy (non-hydrogen) atoms. The van der Waals surface area contributed by atoms with Crippen molar-refractivity contribution < 1.29 is 4.74 Å². The van der Waals surface area contributed by atoms with E-state index in [1.807, 2.05) is 13.8 Å². The summed E-state index contributed by atoms with van der Waals surface area (Å²) in [4.78, 5) is 2.32. The Kier molecular flexibility index (Phi) is 5.95. The van der Waals surface area contributed by atoms with Crippen molar-refractivity contribution in [2.75, 3.05) is 31.2 Å². The van der Waals surface area contributed by atoms with Gasteiger partial charge < -0.3 is 15.0 Å². The molecule has 1 aliphatic heterocycles. The van der Waals surface area contributed by atoms with Crippen LogP contribution in [0.4, 0.5) is 5.69 Å². The zero-order valence-electron chi connectivity index (χ0n) is 12.5. The standard InChI is InChI=1S/C15H22N4OS/c1-12(2)17-15(21)18-16-11-13-3-5-14(6-4-13)19-7-9-20-10-8-19/h3-6,11-12H,7-10H2,1-2H3,(H2,17,18,21). The number of hydrazone groups is 1. The molecule has 0 atom stereocenters. The molecule has 0 spiro atoms. The molecule has 114 valence electrons. The van der Waals surface area contributed by atoms with Gasteiger partial charge in [0.2, 0.25) is 0 Å². The van der Waals surface area contributed by atoms with Gasteiger partial charge in [0.05, 0.1) is 19.4 Å².